The monoisotopic (exact) mass is 445 g/mol. The first kappa shape index (κ1) is 20.2. The Hall–Kier alpha value is -3.70. The fourth-order valence-corrected chi connectivity index (χ4v) is 4.05. The van der Waals surface area contributed by atoms with E-state index in [0.29, 0.717) is 28.7 Å². The smallest absolute Gasteiger partial charge is 0.231 e. The zero-order chi connectivity index (χ0) is 22.2. The van der Waals surface area contributed by atoms with Crippen molar-refractivity contribution in [3.63, 3.8) is 0 Å². The van der Waals surface area contributed by atoms with Crippen LogP contribution in [0.15, 0.2) is 72.6 Å². The summed E-state index contributed by atoms with van der Waals surface area (Å²) in [7, 11) is 3.60. The number of fused-ring (bicyclic) bond motifs is 2. The van der Waals surface area contributed by atoms with Crippen LogP contribution in [0, 0.1) is 0 Å². The topological polar surface area (TPSA) is 49.7 Å². The largest absolute Gasteiger partial charge is 0.497 e. The van der Waals surface area contributed by atoms with Crippen molar-refractivity contribution in [2.24, 2.45) is 7.05 Å². The van der Waals surface area contributed by atoms with E-state index in [1.165, 1.54) is 0 Å². The Labute approximate surface area is 190 Å². The average Bonchev–Trinajstić information content (AvgIpc) is 3.28. The lowest BCUT2D eigenvalue weighted by atomic mass is 10.1. The number of rotatable bonds is 5. The number of Topliss-reactive ketones (excluding diaryl/α,β-unsaturated/α-hetero) is 1. The Balaban J connectivity index is 1.41. The molecule has 0 atom stereocenters. The van der Waals surface area contributed by atoms with Gasteiger partial charge in [-0.15, -0.1) is 0 Å². The number of nitrogens with zero attached hydrogens (tertiary/aromatic N) is 1. The molecule has 0 unspecified atom stereocenters. The lowest BCUT2D eigenvalue weighted by Gasteiger charge is -2.07. The summed E-state index contributed by atoms with van der Waals surface area (Å²) in [4.78, 5) is 12.9. The van der Waals surface area contributed by atoms with Crippen LogP contribution in [0.25, 0.3) is 17.0 Å². The van der Waals surface area contributed by atoms with Crippen LogP contribution in [0.3, 0.4) is 0 Å². The van der Waals surface area contributed by atoms with Gasteiger partial charge in [-0.25, -0.2) is 0 Å². The predicted octanol–water partition coefficient (Wildman–Crippen LogP) is 6.04. The van der Waals surface area contributed by atoms with Crippen molar-refractivity contribution in [2.75, 3.05) is 7.11 Å². The van der Waals surface area contributed by atoms with Gasteiger partial charge in [-0.3, -0.25) is 4.79 Å². The Morgan fingerprint density at radius 3 is 2.72 bits per heavy atom. The molecule has 4 aromatic rings. The maximum absolute atomic E-state index is 12.9. The van der Waals surface area contributed by atoms with E-state index in [9.17, 15) is 4.79 Å². The van der Waals surface area contributed by atoms with Gasteiger partial charge in [0.2, 0.25) is 5.78 Å². The van der Waals surface area contributed by atoms with Crippen LogP contribution >= 0.6 is 11.6 Å². The molecule has 0 N–H and O–H groups in total. The van der Waals surface area contributed by atoms with Gasteiger partial charge in [0.15, 0.2) is 5.76 Å². The van der Waals surface area contributed by atoms with Crippen LogP contribution < -0.4 is 14.2 Å². The molecule has 0 spiro atoms. The van der Waals surface area contributed by atoms with Gasteiger partial charge in [0.05, 0.1) is 12.7 Å². The highest BCUT2D eigenvalue weighted by molar-refractivity contribution is 6.30. The van der Waals surface area contributed by atoms with Gasteiger partial charge in [0, 0.05) is 40.8 Å². The van der Waals surface area contributed by atoms with Crippen LogP contribution in [0.5, 0.6) is 17.2 Å². The Morgan fingerprint density at radius 1 is 1.06 bits per heavy atom. The lowest BCUT2D eigenvalue weighted by molar-refractivity contribution is 0.101. The molecule has 0 fully saturated rings. The Morgan fingerprint density at radius 2 is 1.91 bits per heavy atom. The van der Waals surface area contributed by atoms with Crippen molar-refractivity contribution in [3.05, 3.63) is 94.3 Å². The number of carbonyl (C=O) groups is 1. The molecule has 0 radical (unpaired) electrons. The van der Waals surface area contributed by atoms with Crippen molar-refractivity contribution in [3.8, 4) is 17.2 Å². The molecule has 1 aliphatic rings. The summed E-state index contributed by atoms with van der Waals surface area (Å²) in [5, 5.41) is 1.65. The minimum atomic E-state index is -0.152. The second-order valence-electron chi connectivity index (χ2n) is 7.59. The Kier molecular flexibility index (Phi) is 5.11. The normalized spacial score (nSPS) is 14.0. The van der Waals surface area contributed by atoms with Crippen molar-refractivity contribution in [1.29, 1.82) is 0 Å². The average molecular weight is 446 g/mol. The van der Waals surface area contributed by atoms with E-state index >= 15 is 0 Å². The second kappa shape index (κ2) is 8.09. The molecule has 0 saturated heterocycles. The van der Waals surface area contributed by atoms with Crippen LogP contribution in [0.2, 0.25) is 5.02 Å². The molecule has 2 heterocycles. The summed E-state index contributed by atoms with van der Waals surface area (Å²) in [6.07, 6.45) is 3.74. The van der Waals surface area contributed by atoms with Crippen LogP contribution in [0.1, 0.15) is 21.5 Å². The van der Waals surface area contributed by atoms with Crippen molar-refractivity contribution in [1.82, 2.24) is 4.57 Å². The van der Waals surface area contributed by atoms with E-state index in [1.807, 2.05) is 60.3 Å². The number of benzene rings is 3. The van der Waals surface area contributed by atoms with E-state index < -0.39 is 0 Å². The molecule has 5 nitrogen and oxygen atoms in total. The zero-order valence-electron chi connectivity index (χ0n) is 17.6. The number of aryl methyl sites for hydroxylation is 1. The zero-order valence-corrected chi connectivity index (χ0v) is 18.3. The first-order valence-electron chi connectivity index (χ1n) is 10.1. The van der Waals surface area contributed by atoms with Gasteiger partial charge >= 0.3 is 0 Å². The number of ketones is 1. The van der Waals surface area contributed by atoms with E-state index in [0.717, 1.165) is 27.8 Å². The van der Waals surface area contributed by atoms with Gasteiger partial charge in [0.1, 0.15) is 23.9 Å². The van der Waals surface area contributed by atoms with Gasteiger partial charge < -0.3 is 18.8 Å². The third-order valence-corrected chi connectivity index (χ3v) is 5.69. The minimum absolute atomic E-state index is 0.152. The number of hydrogen-bond acceptors (Lipinski definition) is 4. The highest BCUT2D eigenvalue weighted by atomic mass is 35.5. The van der Waals surface area contributed by atoms with Crippen molar-refractivity contribution < 1.29 is 19.0 Å². The molecule has 5 rings (SSSR count). The molecule has 0 aliphatic carbocycles. The molecule has 3 aromatic carbocycles. The van der Waals surface area contributed by atoms with Gasteiger partial charge in [-0.05, 0) is 54.1 Å². The fourth-order valence-electron chi connectivity index (χ4n) is 3.84. The number of allylic oxidation sites excluding steroid dienone is 1. The Bertz CT molecular complexity index is 1390. The van der Waals surface area contributed by atoms with Gasteiger partial charge in [-0.1, -0.05) is 23.7 Å². The first-order valence-corrected chi connectivity index (χ1v) is 10.5. The van der Waals surface area contributed by atoms with Crippen LogP contribution in [0.4, 0.5) is 0 Å². The van der Waals surface area contributed by atoms with Gasteiger partial charge in [-0.2, -0.15) is 0 Å². The van der Waals surface area contributed by atoms with Crippen LogP contribution in [-0.2, 0) is 13.7 Å². The quantitative estimate of drug-likeness (QED) is 0.352. The van der Waals surface area contributed by atoms with Gasteiger partial charge in [0.25, 0.3) is 0 Å². The van der Waals surface area contributed by atoms with E-state index in [4.69, 9.17) is 25.8 Å². The molecule has 32 heavy (non-hydrogen) atoms. The number of hydrogen-bond donors (Lipinski definition) is 0. The molecule has 160 valence electrons. The highest BCUT2D eigenvalue weighted by Gasteiger charge is 2.28. The maximum atomic E-state index is 12.9. The number of aromatic nitrogens is 1. The standard InChI is InChI=1S/C26H20ClNO4/c1-28-14-17(22-12-19(30-2)7-9-23(22)28)11-25-26(29)21-8-6-20(13-24(21)32-25)31-15-16-4-3-5-18(27)10-16/h3-14H,15H2,1-2H3/b25-11-. The molecular weight excluding hydrogens is 426 g/mol. The summed E-state index contributed by atoms with van der Waals surface area (Å²) < 4.78 is 19.1. The van der Waals surface area contributed by atoms with Crippen LogP contribution in [-0.4, -0.2) is 17.5 Å². The SMILES string of the molecule is COc1ccc2c(c1)c(/C=C1\Oc3cc(OCc4cccc(Cl)c4)ccc3C1=O)cn2C. The summed E-state index contributed by atoms with van der Waals surface area (Å²) in [5.41, 5.74) is 3.40. The number of methoxy groups -OCH3 is 1. The first-order chi connectivity index (χ1) is 15.5. The molecule has 1 aromatic heterocycles. The third-order valence-electron chi connectivity index (χ3n) is 5.45. The van der Waals surface area contributed by atoms with Crippen molar-refractivity contribution in [2.45, 2.75) is 6.61 Å². The number of ether oxygens (including phenoxy) is 3. The lowest BCUT2D eigenvalue weighted by Crippen LogP contribution is -1.98. The maximum Gasteiger partial charge on any atom is 0.231 e. The van der Waals surface area contributed by atoms with E-state index in [-0.39, 0.29) is 11.5 Å². The van der Waals surface area contributed by atoms with E-state index in [1.54, 1.807) is 31.4 Å². The molecular formula is C26H20ClNO4. The van der Waals surface area contributed by atoms with E-state index in [2.05, 4.69) is 0 Å². The molecule has 1 aliphatic heterocycles. The number of carbonyl (C=O) groups excluding carboxylic acids is 1. The summed E-state index contributed by atoms with van der Waals surface area (Å²) in [6, 6.07) is 18.6. The fraction of sp³-hybridized carbons (Fsp3) is 0.115. The summed E-state index contributed by atoms with van der Waals surface area (Å²) in [6.45, 7) is 0.369. The molecule has 0 amide bonds. The third kappa shape index (κ3) is 3.72. The number of halogens is 1. The molecule has 0 saturated carbocycles. The predicted molar refractivity (Wildman–Crippen MR) is 125 cm³/mol. The van der Waals surface area contributed by atoms with Crippen molar-refractivity contribution >= 4 is 34.4 Å². The summed E-state index contributed by atoms with van der Waals surface area (Å²) >= 11 is 6.03. The second-order valence-corrected chi connectivity index (χ2v) is 8.03. The molecule has 0 bridgehead atoms. The summed E-state index contributed by atoms with van der Waals surface area (Å²) in [5.74, 6) is 1.99. The highest BCUT2D eigenvalue weighted by Crippen LogP contribution is 2.36. The molecule has 6 heteroatoms. The minimum Gasteiger partial charge on any atom is -0.497 e.